The van der Waals surface area contributed by atoms with Crippen LogP contribution in [0.4, 0.5) is 0 Å². The predicted octanol–water partition coefficient (Wildman–Crippen LogP) is 2.78. The molecular weight excluding hydrogens is 248 g/mol. The van der Waals surface area contributed by atoms with E-state index in [1.807, 2.05) is 0 Å². The van der Waals surface area contributed by atoms with Gasteiger partial charge in [-0.3, -0.25) is 0 Å². The molecule has 2 N–H and O–H groups in total. The molecule has 2 rings (SSSR count). The Morgan fingerprint density at radius 1 is 1.25 bits per heavy atom. The van der Waals surface area contributed by atoms with Gasteiger partial charge < -0.3 is 15.3 Å². The van der Waals surface area contributed by atoms with Crippen molar-refractivity contribution >= 4 is 0 Å². The largest absolute Gasteiger partial charge is 0.394 e. The molecular formula is C17H34N2O. The van der Waals surface area contributed by atoms with Crippen LogP contribution in [0.2, 0.25) is 0 Å². The number of hydrogen-bond acceptors (Lipinski definition) is 3. The molecule has 0 spiro atoms. The van der Waals surface area contributed by atoms with Gasteiger partial charge in [0.05, 0.1) is 6.61 Å². The summed E-state index contributed by atoms with van der Waals surface area (Å²) in [4.78, 5) is 2.72. The Kier molecular flexibility index (Phi) is 6.31. The first kappa shape index (κ1) is 16.3. The first-order chi connectivity index (χ1) is 9.73. The van der Waals surface area contributed by atoms with Crippen LogP contribution in [0.3, 0.4) is 0 Å². The molecule has 0 aromatic carbocycles. The molecule has 2 fully saturated rings. The van der Waals surface area contributed by atoms with E-state index < -0.39 is 0 Å². The van der Waals surface area contributed by atoms with Crippen molar-refractivity contribution < 1.29 is 5.11 Å². The van der Waals surface area contributed by atoms with E-state index in [1.54, 1.807) is 0 Å². The average Bonchev–Trinajstić information content (AvgIpc) is 2.94. The zero-order chi connectivity index (χ0) is 14.4. The van der Waals surface area contributed by atoms with Gasteiger partial charge >= 0.3 is 0 Å². The Balaban J connectivity index is 1.89. The van der Waals surface area contributed by atoms with Gasteiger partial charge in [-0.25, -0.2) is 0 Å². The van der Waals surface area contributed by atoms with Crippen LogP contribution in [0.15, 0.2) is 0 Å². The third-order valence-corrected chi connectivity index (χ3v) is 5.40. The molecule has 1 aliphatic carbocycles. The van der Waals surface area contributed by atoms with E-state index in [4.69, 9.17) is 0 Å². The summed E-state index contributed by atoms with van der Waals surface area (Å²) in [6, 6.07) is 0.696. The van der Waals surface area contributed by atoms with Crippen molar-refractivity contribution in [2.24, 2.45) is 5.92 Å². The molecule has 3 nitrogen and oxygen atoms in total. The van der Waals surface area contributed by atoms with Gasteiger partial charge in [-0.05, 0) is 64.0 Å². The number of nitrogens with zero attached hydrogens (tertiary/aromatic N) is 1. The summed E-state index contributed by atoms with van der Waals surface area (Å²) in [7, 11) is 0. The van der Waals surface area contributed by atoms with E-state index >= 15 is 0 Å². The molecule has 0 bridgehead atoms. The highest BCUT2D eigenvalue weighted by atomic mass is 16.3. The van der Waals surface area contributed by atoms with Crippen molar-refractivity contribution in [3.8, 4) is 0 Å². The van der Waals surface area contributed by atoms with E-state index in [9.17, 15) is 5.11 Å². The van der Waals surface area contributed by atoms with Crippen molar-refractivity contribution in [3.63, 3.8) is 0 Å². The minimum absolute atomic E-state index is 0.00176. The fraction of sp³-hybridized carbons (Fsp3) is 1.00. The topological polar surface area (TPSA) is 35.5 Å². The van der Waals surface area contributed by atoms with Crippen molar-refractivity contribution in [3.05, 3.63) is 0 Å². The summed E-state index contributed by atoms with van der Waals surface area (Å²) in [6.45, 7) is 8.42. The molecule has 0 radical (unpaired) electrons. The maximum Gasteiger partial charge on any atom is 0.0613 e. The Morgan fingerprint density at radius 3 is 2.80 bits per heavy atom. The lowest BCUT2D eigenvalue weighted by molar-refractivity contribution is 0.0674. The molecule has 3 unspecified atom stereocenters. The normalized spacial score (nSPS) is 35.5. The molecule has 20 heavy (non-hydrogen) atoms. The summed E-state index contributed by atoms with van der Waals surface area (Å²) in [5.41, 5.74) is 0.00176. The molecule has 1 saturated carbocycles. The summed E-state index contributed by atoms with van der Waals surface area (Å²) in [5.74, 6) is 0.925. The quantitative estimate of drug-likeness (QED) is 0.754. The summed E-state index contributed by atoms with van der Waals surface area (Å²) < 4.78 is 0. The average molecular weight is 282 g/mol. The lowest BCUT2D eigenvalue weighted by Crippen LogP contribution is -2.55. The highest BCUT2D eigenvalue weighted by Crippen LogP contribution is 2.34. The van der Waals surface area contributed by atoms with Gasteiger partial charge in [0, 0.05) is 18.1 Å². The maximum atomic E-state index is 9.88. The fourth-order valence-electron chi connectivity index (χ4n) is 4.23. The standard InChI is InChI=1S/C17H34N2O/c1-3-6-15-8-11-19(13-15)16-7-5-9-17(12-16,14-20)18-10-4-2/h15-16,18,20H,3-14H2,1-2H3. The molecule has 0 aromatic heterocycles. The van der Waals surface area contributed by atoms with Crippen LogP contribution >= 0.6 is 0 Å². The summed E-state index contributed by atoms with van der Waals surface area (Å²) in [6.07, 6.45) is 10.1. The molecule has 1 aliphatic heterocycles. The lowest BCUT2D eigenvalue weighted by atomic mass is 9.78. The highest BCUT2D eigenvalue weighted by molar-refractivity contribution is 4.97. The van der Waals surface area contributed by atoms with Crippen molar-refractivity contribution in [2.75, 3.05) is 26.2 Å². The van der Waals surface area contributed by atoms with Gasteiger partial charge in [0.15, 0.2) is 0 Å². The number of hydrogen-bond donors (Lipinski definition) is 2. The summed E-state index contributed by atoms with van der Waals surface area (Å²) >= 11 is 0. The number of rotatable bonds is 7. The minimum Gasteiger partial charge on any atom is -0.394 e. The molecule has 1 heterocycles. The molecule has 3 heteroatoms. The number of aliphatic hydroxyl groups is 1. The number of likely N-dealkylation sites (tertiary alicyclic amines) is 1. The third kappa shape index (κ3) is 3.96. The van der Waals surface area contributed by atoms with E-state index in [2.05, 4.69) is 24.1 Å². The predicted molar refractivity (Wildman–Crippen MR) is 85.0 cm³/mol. The molecule has 3 atom stereocenters. The van der Waals surface area contributed by atoms with Gasteiger partial charge in [0.25, 0.3) is 0 Å². The lowest BCUT2D eigenvalue weighted by Gasteiger charge is -2.43. The van der Waals surface area contributed by atoms with Gasteiger partial charge in [-0.2, -0.15) is 0 Å². The minimum atomic E-state index is 0.00176. The fourth-order valence-corrected chi connectivity index (χ4v) is 4.23. The Hall–Kier alpha value is -0.120. The van der Waals surface area contributed by atoms with Gasteiger partial charge in [-0.15, -0.1) is 0 Å². The molecule has 0 aromatic rings. The van der Waals surface area contributed by atoms with Crippen molar-refractivity contribution in [2.45, 2.75) is 76.8 Å². The van der Waals surface area contributed by atoms with Crippen LogP contribution in [-0.4, -0.2) is 47.8 Å². The Morgan fingerprint density at radius 2 is 2.10 bits per heavy atom. The monoisotopic (exact) mass is 282 g/mol. The molecule has 2 aliphatic rings. The number of aliphatic hydroxyl groups excluding tert-OH is 1. The summed E-state index contributed by atoms with van der Waals surface area (Å²) in [5, 5.41) is 13.5. The SMILES string of the molecule is CCCNC1(CO)CCCC(N2CCC(CCC)C2)C1. The van der Waals surface area contributed by atoms with Crippen LogP contribution in [0.1, 0.15) is 65.2 Å². The number of nitrogens with one attached hydrogen (secondary N) is 1. The van der Waals surface area contributed by atoms with Crippen molar-refractivity contribution in [1.82, 2.24) is 10.2 Å². The second-order valence-electron chi connectivity index (χ2n) is 7.05. The van der Waals surface area contributed by atoms with E-state index in [1.165, 1.54) is 45.2 Å². The van der Waals surface area contributed by atoms with Crippen LogP contribution in [0.5, 0.6) is 0 Å². The van der Waals surface area contributed by atoms with E-state index in [0.717, 1.165) is 31.7 Å². The zero-order valence-electron chi connectivity index (χ0n) is 13.5. The Bertz CT molecular complexity index is 284. The van der Waals surface area contributed by atoms with Crippen LogP contribution in [0.25, 0.3) is 0 Å². The smallest absolute Gasteiger partial charge is 0.0613 e. The van der Waals surface area contributed by atoms with E-state index in [-0.39, 0.29) is 5.54 Å². The van der Waals surface area contributed by atoms with E-state index in [0.29, 0.717) is 12.6 Å². The van der Waals surface area contributed by atoms with Gasteiger partial charge in [-0.1, -0.05) is 20.3 Å². The van der Waals surface area contributed by atoms with Crippen LogP contribution < -0.4 is 5.32 Å². The second-order valence-corrected chi connectivity index (χ2v) is 7.05. The van der Waals surface area contributed by atoms with Crippen LogP contribution in [-0.2, 0) is 0 Å². The van der Waals surface area contributed by atoms with Gasteiger partial charge in [0.1, 0.15) is 0 Å². The highest BCUT2D eigenvalue weighted by Gasteiger charge is 2.39. The Labute approximate surface area is 125 Å². The second kappa shape index (κ2) is 7.77. The maximum absolute atomic E-state index is 9.88. The molecule has 1 saturated heterocycles. The first-order valence-corrected chi connectivity index (χ1v) is 8.83. The third-order valence-electron chi connectivity index (χ3n) is 5.40. The van der Waals surface area contributed by atoms with Gasteiger partial charge in [0.2, 0.25) is 0 Å². The molecule has 118 valence electrons. The first-order valence-electron chi connectivity index (χ1n) is 8.83. The molecule has 0 amide bonds. The zero-order valence-corrected chi connectivity index (χ0v) is 13.5. The van der Waals surface area contributed by atoms with Crippen LogP contribution in [0, 0.1) is 5.92 Å². The van der Waals surface area contributed by atoms with Crippen molar-refractivity contribution in [1.29, 1.82) is 0 Å².